The van der Waals surface area contributed by atoms with Crippen molar-refractivity contribution in [1.29, 1.82) is 0 Å². The molecule has 2 heterocycles. The summed E-state index contributed by atoms with van der Waals surface area (Å²) < 4.78 is 8.00. The van der Waals surface area contributed by atoms with Crippen molar-refractivity contribution in [3.05, 3.63) is 17.5 Å². The minimum atomic E-state index is -0.111. The van der Waals surface area contributed by atoms with Gasteiger partial charge in [-0.25, -0.2) is 0 Å². The zero-order valence-electron chi connectivity index (χ0n) is 12.4. The molecule has 102 valence electrons. The smallest absolute Gasteiger partial charge is 0.0787 e. The third-order valence-corrected chi connectivity index (χ3v) is 3.95. The van der Waals surface area contributed by atoms with Gasteiger partial charge in [0.05, 0.1) is 17.4 Å². The lowest BCUT2D eigenvalue weighted by Gasteiger charge is -2.27. The molecule has 0 unspecified atom stereocenters. The summed E-state index contributed by atoms with van der Waals surface area (Å²) in [5.41, 5.74) is 2.33. The van der Waals surface area contributed by atoms with E-state index in [4.69, 9.17) is 4.74 Å². The van der Waals surface area contributed by atoms with Gasteiger partial charge in [-0.1, -0.05) is 0 Å². The number of hydrogen-bond donors (Lipinski definition) is 1. The molecular weight excluding hydrogens is 226 g/mol. The number of ether oxygens (including phenoxy) is 1. The van der Waals surface area contributed by atoms with Crippen LogP contribution in [0.5, 0.6) is 0 Å². The van der Waals surface area contributed by atoms with Gasteiger partial charge in [-0.05, 0) is 41.0 Å². The molecule has 1 fully saturated rings. The van der Waals surface area contributed by atoms with E-state index in [1.165, 1.54) is 11.3 Å². The van der Waals surface area contributed by atoms with Crippen LogP contribution in [0.1, 0.15) is 45.4 Å². The second-order valence-corrected chi connectivity index (χ2v) is 6.48. The monoisotopic (exact) mass is 251 g/mol. The molecule has 1 saturated heterocycles. The quantitative estimate of drug-likeness (QED) is 0.895. The van der Waals surface area contributed by atoms with E-state index in [0.717, 1.165) is 13.0 Å². The molecule has 4 heteroatoms. The average molecular weight is 251 g/mol. The highest BCUT2D eigenvalue weighted by Crippen LogP contribution is 2.37. The first kappa shape index (κ1) is 13.6. The lowest BCUT2D eigenvalue weighted by Crippen LogP contribution is -2.43. The molecule has 18 heavy (non-hydrogen) atoms. The van der Waals surface area contributed by atoms with Crippen LogP contribution >= 0.6 is 0 Å². The Labute approximate surface area is 110 Å². The Kier molecular flexibility index (Phi) is 3.28. The van der Waals surface area contributed by atoms with E-state index in [2.05, 4.69) is 45.0 Å². The highest BCUT2D eigenvalue weighted by Gasteiger charge is 2.45. The molecule has 0 aromatic carbocycles. The highest BCUT2D eigenvalue weighted by molar-refractivity contribution is 5.16. The molecule has 0 spiro atoms. The maximum absolute atomic E-state index is 6.09. The van der Waals surface area contributed by atoms with Gasteiger partial charge in [-0.3, -0.25) is 4.68 Å². The Morgan fingerprint density at radius 1 is 1.44 bits per heavy atom. The molecule has 1 atom stereocenters. The summed E-state index contributed by atoms with van der Waals surface area (Å²) in [6.07, 6.45) is 2.98. The fourth-order valence-corrected chi connectivity index (χ4v) is 2.83. The molecule has 1 N–H and O–H groups in total. The average Bonchev–Trinajstić information content (AvgIpc) is 2.63. The van der Waals surface area contributed by atoms with Gasteiger partial charge in [0.1, 0.15) is 0 Å². The molecule has 2 rings (SSSR count). The van der Waals surface area contributed by atoms with Crippen molar-refractivity contribution >= 4 is 0 Å². The molecule has 1 aromatic heterocycles. The van der Waals surface area contributed by atoms with E-state index in [1.807, 2.05) is 17.9 Å². The third-order valence-electron chi connectivity index (χ3n) is 3.95. The predicted molar refractivity (Wildman–Crippen MR) is 72.4 cm³/mol. The van der Waals surface area contributed by atoms with Crippen molar-refractivity contribution in [2.75, 3.05) is 0 Å². The minimum absolute atomic E-state index is 0.0366. The van der Waals surface area contributed by atoms with Gasteiger partial charge >= 0.3 is 0 Å². The lowest BCUT2D eigenvalue weighted by molar-refractivity contribution is -0.0699. The van der Waals surface area contributed by atoms with E-state index in [0.29, 0.717) is 6.04 Å². The Hall–Kier alpha value is -0.870. The Bertz CT molecular complexity index is 434. The molecule has 0 saturated carbocycles. The summed E-state index contributed by atoms with van der Waals surface area (Å²) in [4.78, 5) is 0. The van der Waals surface area contributed by atoms with Gasteiger partial charge in [-0.2, -0.15) is 5.10 Å². The van der Waals surface area contributed by atoms with Gasteiger partial charge in [0.25, 0.3) is 0 Å². The maximum Gasteiger partial charge on any atom is 0.0787 e. The number of hydrogen-bond acceptors (Lipinski definition) is 3. The van der Waals surface area contributed by atoms with E-state index < -0.39 is 0 Å². The molecule has 1 aliphatic heterocycles. The third kappa shape index (κ3) is 2.59. The number of rotatable bonds is 3. The summed E-state index contributed by atoms with van der Waals surface area (Å²) in [5.74, 6) is 0. The van der Waals surface area contributed by atoms with Crippen molar-refractivity contribution in [1.82, 2.24) is 15.1 Å². The van der Waals surface area contributed by atoms with Crippen molar-refractivity contribution in [3.63, 3.8) is 0 Å². The van der Waals surface area contributed by atoms with Crippen LogP contribution in [0.25, 0.3) is 0 Å². The zero-order valence-corrected chi connectivity index (χ0v) is 12.4. The van der Waals surface area contributed by atoms with Crippen molar-refractivity contribution in [3.8, 4) is 0 Å². The van der Waals surface area contributed by atoms with Crippen LogP contribution in [0.4, 0.5) is 0 Å². The molecule has 1 aromatic rings. The first-order chi connectivity index (χ1) is 8.21. The first-order valence-electron chi connectivity index (χ1n) is 6.62. The molecule has 1 aliphatic rings. The van der Waals surface area contributed by atoms with Gasteiger partial charge in [-0.15, -0.1) is 0 Å². The number of nitrogens with zero attached hydrogens (tertiary/aromatic N) is 2. The topological polar surface area (TPSA) is 39.1 Å². The molecule has 4 nitrogen and oxygen atoms in total. The zero-order chi connectivity index (χ0) is 13.6. The second kappa shape index (κ2) is 4.35. The lowest BCUT2D eigenvalue weighted by atomic mass is 9.94. The molecular formula is C14H25N3O. The second-order valence-electron chi connectivity index (χ2n) is 6.48. The van der Waals surface area contributed by atoms with Crippen LogP contribution < -0.4 is 5.32 Å². The number of nitrogens with one attached hydrogen (secondary N) is 1. The SMILES string of the molecule is Cc1c(CN[C@@H]2CC(C)(C)OC2(C)C)cnn1C. The van der Waals surface area contributed by atoms with Crippen LogP contribution in [0.3, 0.4) is 0 Å². The molecule has 0 bridgehead atoms. The summed E-state index contributed by atoms with van der Waals surface area (Å²) in [6.45, 7) is 11.6. The van der Waals surface area contributed by atoms with Gasteiger partial charge in [0.2, 0.25) is 0 Å². The number of aryl methyl sites for hydroxylation is 1. The largest absolute Gasteiger partial charge is 0.368 e. The van der Waals surface area contributed by atoms with Crippen LogP contribution in [0.15, 0.2) is 6.20 Å². The van der Waals surface area contributed by atoms with Gasteiger partial charge < -0.3 is 10.1 Å². The Balaban J connectivity index is 2.01. The normalized spacial score (nSPS) is 25.6. The fraction of sp³-hybridized carbons (Fsp3) is 0.786. The van der Waals surface area contributed by atoms with Gasteiger partial charge in [0, 0.05) is 30.9 Å². The van der Waals surface area contributed by atoms with Crippen molar-refractivity contribution in [2.24, 2.45) is 7.05 Å². The number of aromatic nitrogens is 2. The van der Waals surface area contributed by atoms with Crippen LogP contribution in [0.2, 0.25) is 0 Å². The molecule has 0 aliphatic carbocycles. The fourth-order valence-electron chi connectivity index (χ4n) is 2.83. The van der Waals surface area contributed by atoms with E-state index >= 15 is 0 Å². The van der Waals surface area contributed by atoms with E-state index in [1.54, 1.807) is 0 Å². The standard InChI is InChI=1S/C14H25N3O/c1-10-11(9-16-17(10)6)8-15-12-7-13(2,3)18-14(12,4)5/h9,12,15H,7-8H2,1-6H3/t12-/m1/s1. The molecule has 0 radical (unpaired) electrons. The van der Waals surface area contributed by atoms with Gasteiger partial charge in [0.15, 0.2) is 0 Å². The Morgan fingerprint density at radius 3 is 2.56 bits per heavy atom. The Morgan fingerprint density at radius 2 is 2.11 bits per heavy atom. The van der Waals surface area contributed by atoms with Crippen LogP contribution in [0, 0.1) is 6.92 Å². The van der Waals surface area contributed by atoms with Crippen LogP contribution in [-0.4, -0.2) is 27.0 Å². The van der Waals surface area contributed by atoms with E-state index in [9.17, 15) is 0 Å². The first-order valence-corrected chi connectivity index (χ1v) is 6.62. The summed E-state index contributed by atoms with van der Waals surface area (Å²) in [5, 5.41) is 7.89. The van der Waals surface area contributed by atoms with Crippen molar-refractivity contribution in [2.45, 2.75) is 64.8 Å². The molecule has 0 amide bonds. The maximum atomic E-state index is 6.09. The van der Waals surface area contributed by atoms with E-state index in [-0.39, 0.29) is 11.2 Å². The minimum Gasteiger partial charge on any atom is -0.368 e. The predicted octanol–water partition coefficient (Wildman–Crippen LogP) is 2.16. The summed E-state index contributed by atoms with van der Waals surface area (Å²) >= 11 is 0. The summed E-state index contributed by atoms with van der Waals surface area (Å²) in [6, 6.07) is 0.382. The van der Waals surface area contributed by atoms with Crippen molar-refractivity contribution < 1.29 is 4.74 Å². The van der Waals surface area contributed by atoms with Crippen LogP contribution in [-0.2, 0) is 18.3 Å². The highest BCUT2D eigenvalue weighted by atomic mass is 16.5. The summed E-state index contributed by atoms with van der Waals surface area (Å²) in [7, 11) is 1.98.